The molecule has 0 aromatic rings. The van der Waals surface area contributed by atoms with E-state index in [0.29, 0.717) is 17.4 Å². The van der Waals surface area contributed by atoms with Crippen molar-refractivity contribution in [2.45, 2.75) is 180 Å². The average Bonchev–Trinajstić information content (AvgIpc) is 3.25. The van der Waals surface area contributed by atoms with E-state index in [2.05, 4.69) is 129 Å². The number of carbonyl (C=O) groups is 1. The van der Waals surface area contributed by atoms with Crippen LogP contribution in [0.4, 0.5) is 0 Å². The summed E-state index contributed by atoms with van der Waals surface area (Å²) in [7, 11) is 1.51. The van der Waals surface area contributed by atoms with Gasteiger partial charge in [-0.3, -0.25) is 13.8 Å². The minimum Gasteiger partial charge on any atom is -0.387 e. The summed E-state index contributed by atoms with van der Waals surface area (Å²) in [6.45, 7) is 4.62. The van der Waals surface area contributed by atoms with E-state index in [0.717, 1.165) is 83.5 Å². The zero-order valence-corrected chi connectivity index (χ0v) is 42.1. The van der Waals surface area contributed by atoms with Gasteiger partial charge < -0.3 is 19.8 Å². The SMILES string of the molecule is CC/C=C\C/C=C\C/C=C\C/C=C\C/C=C\C/C=C\C/C=C\C/C=C\C/C=C\CCCC(=O)NC(COP(=O)(O)OCC[N+](C)(C)C)C(O)/C=C/CCCCCCCCCCCCC. The number of phosphoric ester groups is 1. The molecule has 8 nitrogen and oxygen atoms in total. The second-order valence-corrected chi connectivity index (χ2v) is 18.9. The van der Waals surface area contributed by atoms with Gasteiger partial charge in [0.05, 0.1) is 39.9 Å². The van der Waals surface area contributed by atoms with Gasteiger partial charge >= 0.3 is 7.82 Å². The van der Waals surface area contributed by atoms with Crippen molar-refractivity contribution in [3.8, 4) is 0 Å². The molecule has 0 bridgehead atoms. The number of unbranched alkanes of at least 4 members (excludes halogenated alkanes) is 12. The molecule has 0 heterocycles. The largest absolute Gasteiger partial charge is 0.472 e. The molecule has 0 aliphatic rings. The standard InChI is InChI=1S/C55H93N2O6P/c1-6-8-10-12-14-16-18-20-21-22-23-24-25-26-27-28-29-30-31-32-33-34-35-37-39-41-43-45-47-49-55(59)56-53(52-63-64(60,61)62-51-50-57(3,4)5)54(58)48-46-44-42-40-38-36-19-17-15-13-11-9-7-2/h8,10,14,16,20-21,23-24,26-27,29-30,32-33,35,37,41,43,46,48,53-54,58H,6-7,9,11-13,15,17-19,22,25,28,31,34,36,38-40,42,44-45,47,49-52H2,1-5H3,(H-,56,59,60,61)/p+1/b10-8-,16-14-,21-20-,24-23-,27-26-,30-29-,33-32-,37-35-,43-41-,48-46+. The lowest BCUT2D eigenvalue weighted by Gasteiger charge is -2.25. The van der Waals surface area contributed by atoms with Gasteiger partial charge in [0.2, 0.25) is 5.91 Å². The quantitative estimate of drug-likeness (QED) is 0.0244. The van der Waals surface area contributed by atoms with Gasteiger partial charge in [-0.05, 0) is 83.5 Å². The molecule has 0 radical (unpaired) electrons. The first-order valence-corrected chi connectivity index (χ1v) is 26.4. The normalized spacial score (nSPS) is 15.2. The number of allylic oxidation sites excluding steroid dienone is 19. The first kappa shape index (κ1) is 60.9. The highest BCUT2D eigenvalue weighted by Gasteiger charge is 2.27. The monoisotopic (exact) mass is 910 g/mol. The fraction of sp³-hybridized carbons (Fsp3) is 0.618. The number of quaternary nitrogens is 1. The predicted octanol–water partition coefficient (Wildman–Crippen LogP) is 14.6. The van der Waals surface area contributed by atoms with Crippen LogP contribution < -0.4 is 5.32 Å². The van der Waals surface area contributed by atoms with Crippen molar-refractivity contribution >= 4 is 13.7 Å². The summed E-state index contributed by atoms with van der Waals surface area (Å²) in [5, 5.41) is 13.8. The fourth-order valence-corrected chi connectivity index (χ4v) is 7.01. The number of aliphatic hydroxyl groups is 1. The van der Waals surface area contributed by atoms with Crippen LogP contribution in [0.1, 0.15) is 168 Å². The minimum atomic E-state index is -4.36. The molecule has 0 aromatic heterocycles. The molecule has 0 aliphatic carbocycles. The molecule has 64 heavy (non-hydrogen) atoms. The Kier molecular flexibility index (Phi) is 42.9. The Hall–Kier alpha value is -3.10. The number of rotatable bonds is 43. The molecule has 0 aromatic carbocycles. The van der Waals surface area contributed by atoms with Crippen molar-refractivity contribution in [1.82, 2.24) is 5.32 Å². The summed E-state index contributed by atoms with van der Waals surface area (Å²) in [4.78, 5) is 23.1. The minimum absolute atomic E-state index is 0.0435. The maximum absolute atomic E-state index is 12.9. The number of hydrogen-bond donors (Lipinski definition) is 3. The van der Waals surface area contributed by atoms with Gasteiger partial charge in [0, 0.05) is 6.42 Å². The molecular weight excluding hydrogens is 816 g/mol. The van der Waals surface area contributed by atoms with E-state index in [1.807, 2.05) is 27.2 Å². The molecule has 9 heteroatoms. The lowest BCUT2D eigenvalue weighted by atomic mass is 10.0. The Morgan fingerprint density at radius 2 is 0.938 bits per heavy atom. The Morgan fingerprint density at radius 1 is 0.547 bits per heavy atom. The van der Waals surface area contributed by atoms with E-state index in [9.17, 15) is 19.4 Å². The van der Waals surface area contributed by atoms with Crippen LogP contribution in [0.2, 0.25) is 0 Å². The molecule has 3 N–H and O–H groups in total. The van der Waals surface area contributed by atoms with Gasteiger partial charge in [0.1, 0.15) is 13.2 Å². The molecule has 0 rings (SSSR count). The molecule has 0 fully saturated rings. The molecule has 0 spiro atoms. The maximum Gasteiger partial charge on any atom is 0.472 e. The predicted molar refractivity (Wildman–Crippen MR) is 276 cm³/mol. The van der Waals surface area contributed by atoms with Crippen LogP contribution in [0.5, 0.6) is 0 Å². The van der Waals surface area contributed by atoms with Gasteiger partial charge in [0.25, 0.3) is 0 Å². The number of aliphatic hydroxyl groups excluding tert-OH is 1. The molecule has 364 valence electrons. The third-order valence-corrected chi connectivity index (χ3v) is 11.2. The highest BCUT2D eigenvalue weighted by molar-refractivity contribution is 7.47. The second-order valence-electron chi connectivity index (χ2n) is 17.5. The Bertz CT molecular complexity index is 1450. The van der Waals surface area contributed by atoms with E-state index in [4.69, 9.17) is 9.05 Å². The summed E-state index contributed by atoms with van der Waals surface area (Å²) in [6, 6.07) is -0.885. The van der Waals surface area contributed by atoms with Gasteiger partial charge in [0.15, 0.2) is 0 Å². The average molecular weight is 910 g/mol. The number of amides is 1. The van der Waals surface area contributed by atoms with Crippen LogP contribution in [-0.2, 0) is 18.4 Å². The number of likely N-dealkylation sites (N-methyl/N-ethyl adjacent to an activating group) is 1. The van der Waals surface area contributed by atoms with Crippen molar-refractivity contribution < 1.29 is 32.9 Å². The lowest BCUT2D eigenvalue weighted by molar-refractivity contribution is -0.870. The number of phosphoric acid groups is 1. The molecular formula is C55H94N2O6P+. The Labute approximate surface area is 393 Å². The molecule has 0 aliphatic heterocycles. The zero-order valence-electron chi connectivity index (χ0n) is 41.2. The smallest absolute Gasteiger partial charge is 0.387 e. The summed E-state index contributed by atoms with van der Waals surface area (Å²) < 4.78 is 23.5. The van der Waals surface area contributed by atoms with Gasteiger partial charge in [-0.25, -0.2) is 4.57 Å². The Balaban J connectivity index is 4.43. The van der Waals surface area contributed by atoms with E-state index < -0.39 is 20.0 Å². The van der Waals surface area contributed by atoms with Gasteiger partial charge in [-0.1, -0.05) is 200 Å². The van der Waals surface area contributed by atoms with Crippen molar-refractivity contribution in [1.29, 1.82) is 0 Å². The summed E-state index contributed by atoms with van der Waals surface area (Å²) in [5.41, 5.74) is 0. The van der Waals surface area contributed by atoms with Crippen LogP contribution in [-0.4, -0.2) is 73.4 Å². The van der Waals surface area contributed by atoms with Gasteiger partial charge in [-0.15, -0.1) is 0 Å². The fourth-order valence-electron chi connectivity index (χ4n) is 6.28. The molecule has 3 atom stereocenters. The van der Waals surface area contributed by atoms with Crippen LogP contribution in [0, 0.1) is 0 Å². The lowest BCUT2D eigenvalue weighted by Crippen LogP contribution is -2.45. The van der Waals surface area contributed by atoms with E-state index in [-0.39, 0.29) is 25.5 Å². The number of carbonyl (C=O) groups excluding carboxylic acids is 1. The van der Waals surface area contributed by atoms with Crippen LogP contribution in [0.25, 0.3) is 0 Å². The highest BCUT2D eigenvalue weighted by Crippen LogP contribution is 2.43. The topological polar surface area (TPSA) is 105 Å². The first-order valence-electron chi connectivity index (χ1n) is 24.9. The number of nitrogens with one attached hydrogen (secondary N) is 1. The second kappa shape index (κ2) is 45.1. The van der Waals surface area contributed by atoms with Crippen molar-refractivity contribution in [3.05, 3.63) is 122 Å². The molecule has 1 amide bonds. The van der Waals surface area contributed by atoms with Gasteiger partial charge in [-0.2, -0.15) is 0 Å². The van der Waals surface area contributed by atoms with Crippen LogP contribution in [0.15, 0.2) is 122 Å². The number of nitrogens with zero attached hydrogens (tertiary/aromatic N) is 1. The first-order chi connectivity index (χ1) is 31.0. The van der Waals surface area contributed by atoms with Crippen LogP contribution in [0.3, 0.4) is 0 Å². The summed E-state index contributed by atoms with van der Waals surface area (Å²) >= 11 is 0. The summed E-state index contributed by atoms with van der Waals surface area (Å²) in [5.74, 6) is -0.241. The van der Waals surface area contributed by atoms with Crippen molar-refractivity contribution in [2.24, 2.45) is 0 Å². The van der Waals surface area contributed by atoms with E-state index in [1.54, 1.807) is 6.08 Å². The third-order valence-electron chi connectivity index (χ3n) is 10.2. The molecule has 0 saturated heterocycles. The van der Waals surface area contributed by atoms with Crippen molar-refractivity contribution in [2.75, 3.05) is 40.9 Å². The molecule has 0 saturated carbocycles. The zero-order chi connectivity index (χ0) is 47.1. The van der Waals surface area contributed by atoms with E-state index >= 15 is 0 Å². The number of hydrogen-bond acceptors (Lipinski definition) is 5. The highest BCUT2D eigenvalue weighted by atomic mass is 31.2. The molecule has 3 unspecified atom stereocenters. The Morgan fingerprint density at radius 3 is 1.36 bits per heavy atom. The summed E-state index contributed by atoms with van der Waals surface area (Å²) in [6.07, 6.45) is 67.1. The third kappa shape index (κ3) is 46.9. The maximum atomic E-state index is 12.9. The van der Waals surface area contributed by atoms with Crippen LogP contribution >= 0.6 is 7.82 Å². The van der Waals surface area contributed by atoms with Crippen molar-refractivity contribution in [3.63, 3.8) is 0 Å². The van der Waals surface area contributed by atoms with E-state index in [1.165, 1.54) is 57.8 Å².